The van der Waals surface area contributed by atoms with Gasteiger partial charge in [-0.25, -0.2) is 0 Å². The number of furan rings is 1. The smallest absolute Gasteiger partial charge is 0.255 e. The molecule has 1 N–H and O–H groups in total. The number of amides is 1. The zero-order valence-corrected chi connectivity index (χ0v) is 10.6. The number of hydrogen-bond acceptors (Lipinski definition) is 2. The van der Waals surface area contributed by atoms with Crippen LogP contribution in [0.2, 0.25) is 0 Å². The van der Waals surface area contributed by atoms with Gasteiger partial charge in [0.05, 0.1) is 11.8 Å². The summed E-state index contributed by atoms with van der Waals surface area (Å²) in [6.45, 7) is 3.86. The van der Waals surface area contributed by atoms with Crippen LogP contribution in [0.1, 0.15) is 35.9 Å². The number of carbonyl (C=O) groups excluding carboxylic acids is 1. The lowest BCUT2D eigenvalue weighted by atomic mass is 10.1. The molecule has 4 heteroatoms. The van der Waals surface area contributed by atoms with Crippen molar-refractivity contribution < 1.29 is 9.21 Å². The predicted molar refractivity (Wildman–Crippen MR) is 63.4 cm³/mol. The molecule has 15 heavy (non-hydrogen) atoms. The summed E-state index contributed by atoms with van der Waals surface area (Å²) < 4.78 is 5.09. The number of carbonyl (C=O) groups is 1. The third-order valence-electron chi connectivity index (χ3n) is 2.39. The number of halogens is 1. The van der Waals surface area contributed by atoms with Gasteiger partial charge in [0.2, 0.25) is 0 Å². The van der Waals surface area contributed by atoms with Crippen molar-refractivity contribution in [2.45, 2.75) is 32.7 Å². The van der Waals surface area contributed by atoms with Crippen LogP contribution in [-0.2, 0) is 0 Å². The molecule has 0 aliphatic heterocycles. The van der Waals surface area contributed by atoms with Crippen molar-refractivity contribution >= 4 is 21.8 Å². The van der Waals surface area contributed by atoms with E-state index < -0.39 is 0 Å². The second-order valence-corrected chi connectivity index (χ2v) is 4.24. The van der Waals surface area contributed by atoms with E-state index in [1.54, 1.807) is 13.0 Å². The fourth-order valence-corrected chi connectivity index (χ4v) is 1.95. The van der Waals surface area contributed by atoms with Gasteiger partial charge in [0, 0.05) is 11.4 Å². The summed E-state index contributed by atoms with van der Waals surface area (Å²) >= 11 is 3.37. The predicted octanol–water partition coefficient (Wildman–Crippen LogP) is 2.88. The van der Waals surface area contributed by atoms with E-state index in [2.05, 4.69) is 28.2 Å². The first-order chi connectivity index (χ1) is 7.19. The molecule has 3 nitrogen and oxygen atoms in total. The maximum atomic E-state index is 11.8. The molecule has 1 unspecified atom stereocenters. The van der Waals surface area contributed by atoms with Crippen molar-refractivity contribution in [3.63, 3.8) is 0 Å². The largest absolute Gasteiger partial charge is 0.469 e. The molecule has 1 aromatic heterocycles. The molecular formula is C11H16BrNO2. The van der Waals surface area contributed by atoms with Crippen LogP contribution in [-0.4, -0.2) is 17.3 Å². The summed E-state index contributed by atoms with van der Waals surface area (Å²) in [5, 5.41) is 3.88. The zero-order chi connectivity index (χ0) is 11.3. The molecule has 1 atom stereocenters. The summed E-state index contributed by atoms with van der Waals surface area (Å²) in [4.78, 5) is 11.8. The number of rotatable bonds is 5. The Morgan fingerprint density at radius 3 is 2.87 bits per heavy atom. The van der Waals surface area contributed by atoms with E-state index in [0.29, 0.717) is 11.3 Å². The van der Waals surface area contributed by atoms with Crippen molar-refractivity contribution in [3.8, 4) is 0 Å². The normalized spacial score (nSPS) is 12.5. The van der Waals surface area contributed by atoms with Gasteiger partial charge in [0.15, 0.2) is 0 Å². The highest BCUT2D eigenvalue weighted by molar-refractivity contribution is 9.09. The van der Waals surface area contributed by atoms with Crippen LogP contribution < -0.4 is 5.32 Å². The van der Waals surface area contributed by atoms with Crippen LogP contribution in [0.3, 0.4) is 0 Å². The van der Waals surface area contributed by atoms with Gasteiger partial charge < -0.3 is 9.73 Å². The Labute approximate surface area is 98.4 Å². The van der Waals surface area contributed by atoms with E-state index in [-0.39, 0.29) is 11.9 Å². The Balaban J connectivity index is 2.58. The van der Waals surface area contributed by atoms with Gasteiger partial charge >= 0.3 is 0 Å². The summed E-state index contributed by atoms with van der Waals surface area (Å²) in [5.41, 5.74) is 0.628. The summed E-state index contributed by atoms with van der Waals surface area (Å²) in [7, 11) is 0. The highest BCUT2D eigenvalue weighted by atomic mass is 79.9. The molecule has 0 radical (unpaired) electrons. The van der Waals surface area contributed by atoms with E-state index >= 15 is 0 Å². The molecule has 0 aliphatic rings. The van der Waals surface area contributed by atoms with E-state index in [9.17, 15) is 4.79 Å². The van der Waals surface area contributed by atoms with Crippen LogP contribution in [0.15, 0.2) is 16.7 Å². The second kappa shape index (κ2) is 5.95. The van der Waals surface area contributed by atoms with Crippen LogP contribution in [0.25, 0.3) is 0 Å². The number of aryl methyl sites for hydroxylation is 1. The molecule has 0 bridgehead atoms. The van der Waals surface area contributed by atoms with Crippen molar-refractivity contribution in [2.75, 3.05) is 5.33 Å². The third kappa shape index (κ3) is 3.38. The highest BCUT2D eigenvalue weighted by Gasteiger charge is 2.14. The Morgan fingerprint density at radius 1 is 1.67 bits per heavy atom. The molecular weight excluding hydrogens is 258 g/mol. The van der Waals surface area contributed by atoms with Gasteiger partial charge in [-0.05, 0) is 25.8 Å². The number of hydrogen-bond donors (Lipinski definition) is 1. The SMILES string of the molecule is CCC(CCBr)NC(=O)c1ccoc1C. The lowest BCUT2D eigenvalue weighted by Crippen LogP contribution is -2.34. The molecule has 1 amide bonds. The molecule has 1 rings (SSSR count). The summed E-state index contributed by atoms with van der Waals surface area (Å²) in [6, 6.07) is 1.93. The maximum Gasteiger partial charge on any atom is 0.255 e. The molecule has 0 aromatic carbocycles. The molecule has 1 heterocycles. The van der Waals surface area contributed by atoms with Gasteiger partial charge in [-0.3, -0.25) is 4.79 Å². The minimum Gasteiger partial charge on any atom is -0.469 e. The fourth-order valence-electron chi connectivity index (χ4n) is 1.39. The topological polar surface area (TPSA) is 42.2 Å². The Morgan fingerprint density at radius 2 is 2.40 bits per heavy atom. The molecule has 0 saturated heterocycles. The van der Waals surface area contributed by atoms with Crippen molar-refractivity contribution in [2.24, 2.45) is 0 Å². The second-order valence-electron chi connectivity index (χ2n) is 3.45. The lowest BCUT2D eigenvalue weighted by molar-refractivity contribution is 0.0933. The van der Waals surface area contributed by atoms with Crippen molar-refractivity contribution in [3.05, 3.63) is 23.7 Å². The van der Waals surface area contributed by atoms with Crippen LogP contribution in [0.5, 0.6) is 0 Å². The zero-order valence-electron chi connectivity index (χ0n) is 9.05. The molecule has 0 fully saturated rings. The minimum absolute atomic E-state index is 0.0472. The lowest BCUT2D eigenvalue weighted by Gasteiger charge is -2.15. The monoisotopic (exact) mass is 273 g/mol. The maximum absolute atomic E-state index is 11.8. The van der Waals surface area contributed by atoms with Gasteiger partial charge in [-0.1, -0.05) is 22.9 Å². The van der Waals surface area contributed by atoms with Gasteiger partial charge in [0.25, 0.3) is 5.91 Å². The van der Waals surface area contributed by atoms with Crippen LogP contribution >= 0.6 is 15.9 Å². The Hall–Kier alpha value is -0.770. The van der Waals surface area contributed by atoms with E-state index in [1.807, 2.05) is 0 Å². The van der Waals surface area contributed by atoms with Crippen molar-refractivity contribution in [1.82, 2.24) is 5.32 Å². The van der Waals surface area contributed by atoms with Crippen molar-refractivity contribution in [1.29, 1.82) is 0 Å². The average Bonchev–Trinajstić information content (AvgIpc) is 2.63. The minimum atomic E-state index is -0.0472. The molecule has 0 spiro atoms. The van der Waals surface area contributed by atoms with Gasteiger partial charge in [0.1, 0.15) is 5.76 Å². The Bertz CT molecular complexity index is 322. The van der Waals surface area contributed by atoms with E-state index in [1.165, 1.54) is 6.26 Å². The van der Waals surface area contributed by atoms with Gasteiger partial charge in [-0.15, -0.1) is 0 Å². The molecule has 0 aliphatic carbocycles. The fraction of sp³-hybridized carbons (Fsp3) is 0.545. The summed E-state index contributed by atoms with van der Waals surface area (Å²) in [5.74, 6) is 0.621. The average molecular weight is 274 g/mol. The highest BCUT2D eigenvalue weighted by Crippen LogP contribution is 2.10. The number of alkyl halides is 1. The first kappa shape index (κ1) is 12.3. The van der Waals surface area contributed by atoms with Crippen LogP contribution in [0.4, 0.5) is 0 Å². The molecule has 1 aromatic rings. The quantitative estimate of drug-likeness (QED) is 0.839. The van der Waals surface area contributed by atoms with E-state index in [0.717, 1.165) is 18.2 Å². The number of nitrogens with one attached hydrogen (secondary N) is 1. The van der Waals surface area contributed by atoms with E-state index in [4.69, 9.17) is 4.42 Å². The first-order valence-electron chi connectivity index (χ1n) is 5.10. The Kier molecular flexibility index (Phi) is 4.88. The van der Waals surface area contributed by atoms with Gasteiger partial charge in [-0.2, -0.15) is 0 Å². The summed E-state index contributed by atoms with van der Waals surface area (Å²) in [6.07, 6.45) is 3.42. The standard InChI is InChI=1S/C11H16BrNO2/c1-3-9(4-6-12)13-11(14)10-5-7-15-8(10)2/h5,7,9H,3-4,6H2,1-2H3,(H,13,14). The molecule has 0 saturated carbocycles. The molecule has 84 valence electrons. The van der Waals surface area contributed by atoms with Crippen LogP contribution in [0, 0.1) is 6.92 Å². The third-order valence-corrected chi connectivity index (χ3v) is 2.85. The first-order valence-corrected chi connectivity index (χ1v) is 6.22.